The summed E-state index contributed by atoms with van der Waals surface area (Å²) in [5.74, 6) is 20.4. The number of halogens is 1. The quantitative estimate of drug-likeness (QED) is 0.233. The standard InChI is InChI=1S/C9H6.C6H2O.C4H8O.2C4H8.BrH.Na.H2.H/c1-3-5-7-9-8-6-4-2;1-2-3-4-5-6-7;1-2-4-5-3-1;2*1-3-4-2;;;;/h1,4,6H,2H3;1,7H;1-4H2;2*3-4H,1-2H3;1H;;1H;/q;;;;;;+1;;-1/p-2. The summed E-state index contributed by atoms with van der Waals surface area (Å²) in [6, 6.07) is 0. The van der Waals surface area contributed by atoms with Crippen molar-refractivity contribution in [3.63, 3.8) is 0 Å². The number of hydrogen-bond acceptors (Lipinski definition) is 2. The average Bonchev–Trinajstić information content (AvgIpc) is 3.35. The summed E-state index contributed by atoms with van der Waals surface area (Å²) in [6.45, 7) is 11.9. The Morgan fingerprint density at radius 3 is 1.42 bits per heavy atom. The maximum atomic E-state index is 9.27. The normalized spacial score (nSPS) is 8.87. The molecule has 1 saturated heterocycles. The monoisotopic (exact) mass is 492 g/mol. The molecule has 1 aliphatic heterocycles. The first-order chi connectivity index (χ1) is 14.2. The van der Waals surface area contributed by atoms with Crippen LogP contribution in [-0.4, -0.2) is 13.2 Å². The minimum Gasteiger partial charge on any atom is -1.00 e. The summed E-state index contributed by atoms with van der Waals surface area (Å²) >= 11 is 0. The average molecular weight is 493 g/mol. The Labute approximate surface area is 227 Å². The molecule has 1 heterocycles. The number of ether oxygens (including phenoxy) is 1. The van der Waals surface area contributed by atoms with Gasteiger partial charge >= 0.3 is 29.6 Å². The molecule has 1 rings (SSSR count). The summed E-state index contributed by atoms with van der Waals surface area (Å²) in [7, 11) is 0. The first kappa shape index (κ1) is 42.8. The van der Waals surface area contributed by atoms with Crippen molar-refractivity contribution in [1.82, 2.24) is 0 Å². The van der Waals surface area contributed by atoms with Gasteiger partial charge in [0, 0.05) is 14.6 Å². The van der Waals surface area contributed by atoms with Gasteiger partial charge in [0.15, 0.2) is 0 Å². The van der Waals surface area contributed by atoms with Gasteiger partial charge in [0.2, 0.25) is 0 Å². The Balaban J connectivity index is -0.0000000396. The predicted octanol–water partition coefficient (Wildman–Crippen LogP) is -1.53. The van der Waals surface area contributed by atoms with Crippen LogP contribution in [0.5, 0.6) is 0 Å². The molecule has 0 radical (unpaired) electrons. The number of allylic oxidation sites excluding steroid dienone is 6. The number of hydrogen-bond donors (Lipinski definition) is 0. The van der Waals surface area contributed by atoms with E-state index in [-0.39, 0.29) is 49.4 Å². The summed E-state index contributed by atoms with van der Waals surface area (Å²) in [6.07, 6.45) is 24.9. The van der Waals surface area contributed by atoms with Crippen LogP contribution in [0.4, 0.5) is 0 Å². The van der Waals surface area contributed by atoms with E-state index in [9.17, 15) is 5.11 Å². The van der Waals surface area contributed by atoms with Crippen LogP contribution in [0.1, 0.15) is 50.3 Å². The van der Waals surface area contributed by atoms with Crippen LogP contribution < -0.4 is 51.6 Å². The van der Waals surface area contributed by atoms with Crippen LogP contribution >= 0.6 is 0 Å². The van der Waals surface area contributed by atoms with Crippen LogP contribution in [0.25, 0.3) is 0 Å². The molecule has 0 spiro atoms. The second-order valence-corrected chi connectivity index (χ2v) is 4.44. The topological polar surface area (TPSA) is 32.3 Å². The SMILES string of the molecule is C#CC#CC#CC=CC.C#CC#CC#C[O-].C1CCOC1.CC=CC.CC=CC.[Br-].[H-].[HH].[Na+]. The van der Waals surface area contributed by atoms with E-state index in [0.29, 0.717) is 0 Å². The summed E-state index contributed by atoms with van der Waals surface area (Å²) in [5.41, 5.74) is 0. The van der Waals surface area contributed by atoms with E-state index in [1.807, 2.05) is 76.8 Å². The minimum atomic E-state index is 0. The Hall–Kier alpha value is -2.18. The van der Waals surface area contributed by atoms with Crippen LogP contribution in [-0.2, 0) is 4.74 Å². The predicted molar refractivity (Wildman–Crippen MR) is 128 cm³/mol. The third-order valence-corrected chi connectivity index (χ3v) is 2.26. The van der Waals surface area contributed by atoms with Crippen LogP contribution in [0.2, 0.25) is 0 Å². The molecule has 0 aromatic carbocycles. The summed E-state index contributed by atoms with van der Waals surface area (Å²) in [5, 5.41) is 9.27. The Kier molecular flexibility index (Phi) is 78.1. The van der Waals surface area contributed by atoms with E-state index in [4.69, 9.17) is 11.2 Å². The molecule has 0 aliphatic carbocycles. The van der Waals surface area contributed by atoms with Crippen molar-refractivity contribution in [2.75, 3.05) is 13.2 Å². The van der Waals surface area contributed by atoms with Gasteiger partial charge in [-0.15, -0.1) is 19.0 Å². The van der Waals surface area contributed by atoms with Crippen molar-refractivity contribution >= 4 is 0 Å². The van der Waals surface area contributed by atoms with Crippen molar-refractivity contribution in [3.05, 3.63) is 36.5 Å². The number of terminal acetylenes is 2. The molecule has 1 fully saturated rings. The van der Waals surface area contributed by atoms with Crippen LogP contribution in [0.3, 0.4) is 0 Å². The molecule has 164 valence electrons. The van der Waals surface area contributed by atoms with Gasteiger partial charge in [-0.25, -0.2) is 0 Å². The van der Waals surface area contributed by atoms with E-state index in [1.54, 1.807) is 6.08 Å². The van der Waals surface area contributed by atoms with Gasteiger partial charge in [0.05, 0.1) is 0 Å². The van der Waals surface area contributed by atoms with Gasteiger partial charge in [-0.2, -0.15) is 0 Å². The van der Waals surface area contributed by atoms with Crippen molar-refractivity contribution in [1.29, 1.82) is 0 Å². The molecule has 0 N–H and O–H groups in total. The summed E-state index contributed by atoms with van der Waals surface area (Å²) in [4.78, 5) is 0. The van der Waals surface area contributed by atoms with E-state index in [2.05, 4.69) is 47.9 Å². The van der Waals surface area contributed by atoms with Gasteiger partial charge < -0.3 is 28.3 Å². The molecule has 4 heteroatoms. The molecular weight excluding hydrogens is 459 g/mol. The smallest absolute Gasteiger partial charge is 1.00 e. The molecule has 0 aromatic rings. The van der Waals surface area contributed by atoms with Gasteiger partial charge in [-0.1, -0.05) is 36.3 Å². The molecule has 31 heavy (non-hydrogen) atoms. The molecule has 0 atom stereocenters. The van der Waals surface area contributed by atoms with Gasteiger partial charge in [0.1, 0.15) is 0 Å². The molecule has 0 unspecified atom stereocenters. The first-order valence-electron chi connectivity index (χ1n) is 9.03. The van der Waals surface area contributed by atoms with E-state index >= 15 is 0 Å². The van der Waals surface area contributed by atoms with E-state index in [0.717, 1.165) is 13.2 Å². The zero-order valence-electron chi connectivity index (χ0n) is 20.6. The van der Waals surface area contributed by atoms with E-state index in [1.165, 1.54) is 18.9 Å². The zero-order valence-corrected chi connectivity index (χ0v) is 23.2. The van der Waals surface area contributed by atoms with Gasteiger partial charge in [-0.05, 0) is 101 Å². The van der Waals surface area contributed by atoms with Crippen molar-refractivity contribution in [3.8, 4) is 72.2 Å². The molecule has 0 amide bonds. The summed E-state index contributed by atoms with van der Waals surface area (Å²) < 4.78 is 4.94. The van der Waals surface area contributed by atoms with Crippen molar-refractivity contribution in [2.45, 2.75) is 47.5 Å². The maximum absolute atomic E-state index is 9.27. The molecule has 2 nitrogen and oxygen atoms in total. The Bertz CT molecular complexity index is 744. The number of rotatable bonds is 0. The third-order valence-electron chi connectivity index (χ3n) is 2.26. The molecule has 1 aliphatic rings. The zero-order chi connectivity index (χ0) is 22.8. The van der Waals surface area contributed by atoms with Gasteiger partial charge in [-0.3, -0.25) is 0 Å². The molecule has 0 saturated carbocycles. The fraction of sp³-hybridized carbons (Fsp3) is 0.333. The largest absolute Gasteiger partial charge is 1.00 e. The molecular formula is C27H34BrNaO2-2. The fourth-order valence-corrected chi connectivity index (χ4v) is 0.832. The van der Waals surface area contributed by atoms with E-state index < -0.39 is 0 Å². The second kappa shape index (κ2) is 56.5. The first-order valence-corrected chi connectivity index (χ1v) is 9.03. The molecule has 0 aromatic heterocycles. The second-order valence-electron chi connectivity index (χ2n) is 4.44. The van der Waals surface area contributed by atoms with Gasteiger partial charge in [0.25, 0.3) is 0 Å². The third kappa shape index (κ3) is 84.4. The molecule has 0 bridgehead atoms. The minimum absolute atomic E-state index is 0. The van der Waals surface area contributed by atoms with Crippen molar-refractivity contribution < 1.29 is 59.2 Å². The fourth-order valence-electron chi connectivity index (χ4n) is 0.832. The Morgan fingerprint density at radius 2 is 1.16 bits per heavy atom. The van der Waals surface area contributed by atoms with Crippen LogP contribution in [0.15, 0.2) is 36.5 Å². The van der Waals surface area contributed by atoms with Crippen molar-refractivity contribution in [2.24, 2.45) is 0 Å². The maximum Gasteiger partial charge on any atom is 1.00 e. The van der Waals surface area contributed by atoms with Crippen LogP contribution in [0, 0.1) is 72.2 Å². The Morgan fingerprint density at radius 1 is 0.742 bits per heavy atom.